The van der Waals surface area contributed by atoms with Crippen molar-refractivity contribution in [1.29, 1.82) is 5.26 Å². The van der Waals surface area contributed by atoms with Gasteiger partial charge in [0.15, 0.2) is 0 Å². The van der Waals surface area contributed by atoms with Crippen molar-refractivity contribution < 1.29 is 4.74 Å². The molecule has 0 atom stereocenters. The summed E-state index contributed by atoms with van der Waals surface area (Å²) in [7, 11) is 0. The maximum Gasteiger partial charge on any atom is 0.131 e. The molecule has 0 aliphatic rings. The van der Waals surface area contributed by atoms with Crippen LogP contribution in [0.5, 0.6) is 5.75 Å². The van der Waals surface area contributed by atoms with Crippen LogP contribution in [0.3, 0.4) is 0 Å². The van der Waals surface area contributed by atoms with Crippen molar-refractivity contribution >= 4 is 11.5 Å². The second-order valence-electron chi connectivity index (χ2n) is 3.83. The van der Waals surface area contributed by atoms with E-state index in [1.165, 1.54) is 0 Å². The van der Waals surface area contributed by atoms with Crippen molar-refractivity contribution in [2.75, 3.05) is 18.5 Å². The fourth-order valence-electron chi connectivity index (χ4n) is 1.56. The average Bonchev–Trinajstić information content (AvgIpc) is 2.46. The third-order valence-corrected chi connectivity index (χ3v) is 2.38. The minimum absolute atomic E-state index is 0.476. The Morgan fingerprint density at radius 2 is 2.21 bits per heavy atom. The third-order valence-electron chi connectivity index (χ3n) is 2.38. The fourth-order valence-corrected chi connectivity index (χ4v) is 1.56. The van der Waals surface area contributed by atoms with Crippen molar-refractivity contribution in [2.45, 2.75) is 0 Å². The first-order chi connectivity index (χ1) is 9.31. The van der Waals surface area contributed by atoms with Crippen LogP contribution in [-0.4, -0.2) is 18.1 Å². The fraction of sp³-hybridized carbons (Fsp3) is 0.143. The first-order valence-corrected chi connectivity index (χ1v) is 5.88. The summed E-state index contributed by atoms with van der Waals surface area (Å²) in [6.45, 7) is 0.953. The van der Waals surface area contributed by atoms with Crippen molar-refractivity contribution in [3.63, 3.8) is 0 Å². The highest BCUT2D eigenvalue weighted by molar-refractivity contribution is 5.59. The number of nitriles is 1. The van der Waals surface area contributed by atoms with E-state index in [4.69, 9.17) is 15.7 Å². The number of nitrogens with two attached hydrogens (primary N) is 1. The van der Waals surface area contributed by atoms with E-state index in [0.29, 0.717) is 24.5 Å². The van der Waals surface area contributed by atoms with E-state index in [2.05, 4.69) is 16.4 Å². The lowest BCUT2D eigenvalue weighted by molar-refractivity contribution is 0.328. The molecule has 0 bridgehead atoms. The van der Waals surface area contributed by atoms with Gasteiger partial charge in [-0.15, -0.1) is 0 Å². The number of benzene rings is 1. The molecule has 2 rings (SSSR count). The van der Waals surface area contributed by atoms with Gasteiger partial charge in [0.1, 0.15) is 18.2 Å². The van der Waals surface area contributed by atoms with Gasteiger partial charge in [0, 0.05) is 24.5 Å². The minimum atomic E-state index is 0.476. The van der Waals surface area contributed by atoms with E-state index in [-0.39, 0.29) is 0 Å². The molecular weight excluding hydrogens is 240 g/mol. The molecule has 0 saturated carbocycles. The Bertz CT molecular complexity index is 592. The first-order valence-electron chi connectivity index (χ1n) is 5.88. The molecule has 0 unspecified atom stereocenters. The molecule has 19 heavy (non-hydrogen) atoms. The molecule has 5 nitrogen and oxygen atoms in total. The normalized spacial score (nSPS) is 9.68. The highest BCUT2D eigenvalue weighted by atomic mass is 16.5. The number of aromatic nitrogens is 1. The van der Waals surface area contributed by atoms with Gasteiger partial charge in [0.05, 0.1) is 11.6 Å². The molecule has 3 N–H and O–H groups in total. The van der Waals surface area contributed by atoms with E-state index in [9.17, 15) is 0 Å². The molecule has 1 heterocycles. The summed E-state index contributed by atoms with van der Waals surface area (Å²) in [5.41, 5.74) is 6.80. The summed E-state index contributed by atoms with van der Waals surface area (Å²) < 4.78 is 5.44. The lowest BCUT2D eigenvalue weighted by Gasteiger charge is -2.08. The molecule has 0 aliphatic heterocycles. The Morgan fingerprint density at radius 3 is 3.00 bits per heavy atom. The van der Waals surface area contributed by atoms with Gasteiger partial charge < -0.3 is 15.8 Å². The number of hydrogen-bond donors (Lipinski definition) is 2. The SMILES string of the molecule is N#Cc1ccnc(Nc2cccc(OCCN)c2)c1. The van der Waals surface area contributed by atoms with Crippen molar-refractivity contribution in [3.8, 4) is 11.8 Å². The van der Waals surface area contributed by atoms with Crippen LogP contribution < -0.4 is 15.8 Å². The zero-order chi connectivity index (χ0) is 13.5. The van der Waals surface area contributed by atoms with Crippen molar-refractivity contribution in [1.82, 2.24) is 4.98 Å². The van der Waals surface area contributed by atoms with Gasteiger partial charge >= 0.3 is 0 Å². The van der Waals surface area contributed by atoms with E-state index in [0.717, 1.165) is 11.4 Å². The number of nitrogens with zero attached hydrogens (tertiary/aromatic N) is 2. The summed E-state index contributed by atoms with van der Waals surface area (Å²) >= 11 is 0. The van der Waals surface area contributed by atoms with Gasteiger partial charge in [0.25, 0.3) is 0 Å². The number of pyridine rings is 1. The summed E-state index contributed by atoms with van der Waals surface area (Å²) in [4.78, 5) is 4.15. The van der Waals surface area contributed by atoms with Crippen LogP contribution in [0.1, 0.15) is 5.56 Å². The Hall–Kier alpha value is -2.58. The molecule has 0 saturated heterocycles. The Balaban J connectivity index is 2.12. The summed E-state index contributed by atoms with van der Waals surface area (Å²) in [6.07, 6.45) is 1.59. The highest BCUT2D eigenvalue weighted by Crippen LogP contribution is 2.20. The summed E-state index contributed by atoms with van der Waals surface area (Å²) in [5, 5.41) is 12.0. The number of ether oxygens (including phenoxy) is 1. The molecule has 96 valence electrons. The van der Waals surface area contributed by atoms with E-state index >= 15 is 0 Å². The van der Waals surface area contributed by atoms with Gasteiger partial charge in [0.2, 0.25) is 0 Å². The molecule has 1 aromatic heterocycles. The molecule has 0 fully saturated rings. The molecular formula is C14H14N4O. The second kappa shape index (κ2) is 6.38. The van der Waals surface area contributed by atoms with E-state index in [1.54, 1.807) is 18.3 Å². The molecule has 0 amide bonds. The van der Waals surface area contributed by atoms with Gasteiger partial charge in [-0.3, -0.25) is 0 Å². The maximum absolute atomic E-state index is 8.83. The van der Waals surface area contributed by atoms with Crippen LogP contribution >= 0.6 is 0 Å². The topological polar surface area (TPSA) is 84.0 Å². The van der Waals surface area contributed by atoms with Gasteiger partial charge in [-0.25, -0.2) is 4.98 Å². The standard InChI is InChI=1S/C14H14N4O/c15-5-7-19-13-3-1-2-12(9-13)18-14-8-11(10-16)4-6-17-14/h1-4,6,8-9H,5,7,15H2,(H,17,18). The quantitative estimate of drug-likeness (QED) is 0.853. The predicted octanol–water partition coefficient (Wildman–Crippen LogP) is 2.03. The van der Waals surface area contributed by atoms with Crippen molar-refractivity contribution in [3.05, 3.63) is 48.2 Å². The lowest BCUT2D eigenvalue weighted by Crippen LogP contribution is -2.10. The molecule has 1 aromatic carbocycles. The van der Waals surface area contributed by atoms with Gasteiger partial charge in [-0.2, -0.15) is 5.26 Å². The average molecular weight is 254 g/mol. The zero-order valence-electron chi connectivity index (χ0n) is 10.3. The van der Waals surface area contributed by atoms with E-state index < -0.39 is 0 Å². The van der Waals surface area contributed by atoms with Crippen LogP contribution in [0.4, 0.5) is 11.5 Å². The van der Waals surface area contributed by atoms with E-state index in [1.807, 2.05) is 24.3 Å². The maximum atomic E-state index is 8.83. The molecule has 0 radical (unpaired) electrons. The number of anilines is 2. The van der Waals surface area contributed by atoms with Crippen LogP contribution in [-0.2, 0) is 0 Å². The molecule has 2 aromatic rings. The monoisotopic (exact) mass is 254 g/mol. The van der Waals surface area contributed by atoms with Gasteiger partial charge in [-0.1, -0.05) is 6.07 Å². The number of hydrogen-bond acceptors (Lipinski definition) is 5. The summed E-state index contributed by atoms with van der Waals surface area (Å²) in [6, 6.07) is 12.9. The van der Waals surface area contributed by atoms with Crippen LogP contribution in [0.2, 0.25) is 0 Å². The Morgan fingerprint density at radius 1 is 1.32 bits per heavy atom. The van der Waals surface area contributed by atoms with Crippen molar-refractivity contribution in [2.24, 2.45) is 5.73 Å². The summed E-state index contributed by atoms with van der Waals surface area (Å²) in [5.74, 6) is 1.36. The molecule has 0 aliphatic carbocycles. The number of nitrogens with one attached hydrogen (secondary N) is 1. The van der Waals surface area contributed by atoms with Crippen LogP contribution in [0.25, 0.3) is 0 Å². The molecule has 5 heteroatoms. The van der Waals surface area contributed by atoms with Gasteiger partial charge in [-0.05, 0) is 24.3 Å². The lowest BCUT2D eigenvalue weighted by atomic mass is 10.2. The zero-order valence-corrected chi connectivity index (χ0v) is 10.3. The van der Waals surface area contributed by atoms with Crippen LogP contribution in [0.15, 0.2) is 42.6 Å². The largest absolute Gasteiger partial charge is 0.492 e. The predicted molar refractivity (Wildman–Crippen MR) is 73.2 cm³/mol. The second-order valence-corrected chi connectivity index (χ2v) is 3.83. The van der Waals surface area contributed by atoms with Crippen LogP contribution in [0, 0.1) is 11.3 Å². The molecule has 0 spiro atoms. The minimum Gasteiger partial charge on any atom is -0.492 e. The third kappa shape index (κ3) is 3.69. The number of rotatable bonds is 5. The Labute approximate surface area is 111 Å². The Kier molecular flexibility index (Phi) is 4.32. The first kappa shape index (κ1) is 12.9. The highest BCUT2D eigenvalue weighted by Gasteiger charge is 2.00. The smallest absolute Gasteiger partial charge is 0.131 e.